The van der Waals surface area contributed by atoms with Crippen LogP contribution in [-0.2, 0) is 11.3 Å². The van der Waals surface area contributed by atoms with Gasteiger partial charge in [0, 0.05) is 30.2 Å². The number of halogens is 2. The number of hydrogen-bond donors (Lipinski definition) is 2. The van der Waals surface area contributed by atoms with Crippen molar-refractivity contribution in [3.8, 4) is 11.4 Å². The van der Waals surface area contributed by atoms with Gasteiger partial charge in [0.2, 0.25) is 5.91 Å². The van der Waals surface area contributed by atoms with E-state index in [-0.39, 0.29) is 17.9 Å². The molecule has 1 heterocycles. The molecule has 3 aromatic rings. The van der Waals surface area contributed by atoms with Gasteiger partial charge in [0.15, 0.2) is 10.6 Å². The smallest absolute Gasteiger partial charge is 0.222 e. The van der Waals surface area contributed by atoms with Crippen molar-refractivity contribution in [1.29, 1.82) is 0 Å². The summed E-state index contributed by atoms with van der Waals surface area (Å²) in [5.74, 6) is -0.960. The largest absolute Gasteiger partial charge is 0.349 e. The highest BCUT2D eigenvalue weighted by atomic mass is 32.1. The highest BCUT2D eigenvalue weighted by Gasteiger charge is 2.15. The molecule has 0 saturated heterocycles. The first kappa shape index (κ1) is 19.9. The number of H-pyrrole nitrogens is 1. The van der Waals surface area contributed by atoms with Crippen LogP contribution in [0.25, 0.3) is 11.4 Å². The van der Waals surface area contributed by atoms with Crippen molar-refractivity contribution in [1.82, 2.24) is 20.1 Å². The van der Waals surface area contributed by atoms with Crippen molar-refractivity contribution in [2.24, 2.45) is 0 Å². The maximum atomic E-state index is 13.9. The molecule has 0 aliphatic rings. The highest BCUT2D eigenvalue weighted by molar-refractivity contribution is 7.71. The van der Waals surface area contributed by atoms with Gasteiger partial charge in [0.05, 0.1) is 6.04 Å². The summed E-state index contributed by atoms with van der Waals surface area (Å²) in [7, 11) is 0. The molecule has 0 aliphatic heterocycles. The number of carbonyl (C=O) groups is 1. The van der Waals surface area contributed by atoms with Gasteiger partial charge in [-0.1, -0.05) is 29.8 Å². The van der Waals surface area contributed by atoms with Gasteiger partial charge in [-0.05, 0) is 38.2 Å². The van der Waals surface area contributed by atoms with Crippen molar-refractivity contribution >= 4 is 18.1 Å². The molecule has 1 unspecified atom stereocenters. The number of aromatic nitrogens is 3. The predicted octanol–water partition coefficient (Wildman–Crippen LogP) is 4.46. The molecule has 1 amide bonds. The van der Waals surface area contributed by atoms with Crippen LogP contribution in [-0.4, -0.2) is 20.7 Å². The van der Waals surface area contributed by atoms with Crippen LogP contribution in [0.2, 0.25) is 0 Å². The second-order valence-corrected chi connectivity index (χ2v) is 6.97. The SMILES string of the molecule is Cc1cccc(-c2n[nH]c(=S)n2CCC(=O)NC(C)c2ccc(F)cc2F)c1. The molecule has 0 fully saturated rings. The van der Waals surface area contributed by atoms with Gasteiger partial charge < -0.3 is 5.32 Å². The minimum atomic E-state index is -0.688. The van der Waals surface area contributed by atoms with E-state index in [0.717, 1.165) is 17.2 Å². The van der Waals surface area contributed by atoms with Gasteiger partial charge >= 0.3 is 0 Å². The van der Waals surface area contributed by atoms with E-state index in [1.54, 1.807) is 11.5 Å². The summed E-state index contributed by atoms with van der Waals surface area (Å²) in [5.41, 5.74) is 2.22. The topological polar surface area (TPSA) is 62.7 Å². The molecule has 5 nitrogen and oxygen atoms in total. The van der Waals surface area contributed by atoms with E-state index in [0.29, 0.717) is 17.1 Å². The molecule has 0 bridgehead atoms. The first-order chi connectivity index (χ1) is 13.3. The van der Waals surface area contributed by atoms with Crippen molar-refractivity contribution in [2.45, 2.75) is 32.9 Å². The molecule has 0 spiro atoms. The van der Waals surface area contributed by atoms with Crippen molar-refractivity contribution in [3.63, 3.8) is 0 Å². The number of rotatable bonds is 6. The molecule has 2 N–H and O–H groups in total. The maximum Gasteiger partial charge on any atom is 0.222 e. The molecular weight excluding hydrogens is 382 g/mol. The Balaban J connectivity index is 1.68. The van der Waals surface area contributed by atoms with E-state index in [9.17, 15) is 13.6 Å². The normalized spacial score (nSPS) is 12.0. The van der Waals surface area contributed by atoms with Crippen LogP contribution in [0.3, 0.4) is 0 Å². The second-order valence-electron chi connectivity index (χ2n) is 6.58. The third kappa shape index (κ3) is 4.51. The molecular formula is C20H20F2N4OS. The zero-order chi connectivity index (χ0) is 20.3. The van der Waals surface area contributed by atoms with Crippen LogP contribution in [0, 0.1) is 23.3 Å². The summed E-state index contributed by atoms with van der Waals surface area (Å²) in [4.78, 5) is 12.3. The van der Waals surface area contributed by atoms with Crippen LogP contribution >= 0.6 is 12.2 Å². The molecule has 3 rings (SSSR count). The Kier molecular flexibility index (Phi) is 5.99. The number of carbonyl (C=O) groups excluding carboxylic acids is 1. The molecule has 1 aromatic heterocycles. The van der Waals surface area contributed by atoms with Crippen molar-refractivity contribution in [3.05, 3.63) is 70.0 Å². The van der Waals surface area contributed by atoms with Crippen molar-refractivity contribution < 1.29 is 13.6 Å². The number of hydrogen-bond acceptors (Lipinski definition) is 3. The van der Waals surface area contributed by atoms with Gasteiger partial charge in [-0.2, -0.15) is 5.10 Å². The number of aryl methyl sites for hydroxylation is 1. The van der Waals surface area contributed by atoms with Crippen molar-refractivity contribution in [2.75, 3.05) is 0 Å². The lowest BCUT2D eigenvalue weighted by atomic mass is 10.1. The molecule has 8 heteroatoms. The molecule has 2 aromatic carbocycles. The fraction of sp³-hybridized carbons (Fsp3) is 0.250. The summed E-state index contributed by atoms with van der Waals surface area (Å²) < 4.78 is 29.1. The van der Waals surface area contributed by atoms with Gasteiger partial charge in [0.25, 0.3) is 0 Å². The summed E-state index contributed by atoms with van der Waals surface area (Å²) in [5, 5.41) is 9.75. The Hall–Kier alpha value is -2.87. The third-order valence-electron chi connectivity index (χ3n) is 4.40. The Labute approximate surface area is 166 Å². The van der Waals surface area contributed by atoms with Gasteiger partial charge in [-0.15, -0.1) is 0 Å². The molecule has 0 aliphatic carbocycles. The Morgan fingerprint density at radius 1 is 1.29 bits per heavy atom. The standard InChI is InChI=1S/C20H20F2N4OS/c1-12-4-3-5-14(10-12)19-24-25-20(28)26(19)9-8-18(27)23-13(2)16-7-6-15(21)11-17(16)22/h3-7,10-11,13H,8-9H2,1-2H3,(H,23,27)(H,25,28). The van der Waals surface area contributed by atoms with Gasteiger partial charge in [0.1, 0.15) is 11.6 Å². The van der Waals surface area contributed by atoms with Crippen LogP contribution in [0.1, 0.15) is 30.5 Å². The third-order valence-corrected chi connectivity index (χ3v) is 4.72. The number of nitrogens with zero attached hydrogens (tertiary/aromatic N) is 2. The number of amides is 1. The fourth-order valence-corrected chi connectivity index (χ4v) is 3.21. The number of aromatic amines is 1. The van der Waals surface area contributed by atoms with Crippen LogP contribution in [0.15, 0.2) is 42.5 Å². The molecule has 146 valence electrons. The van der Waals surface area contributed by atoms with Gasteiger partial charge in [-0.3, -0.25) is 14.5 Å². The predicted molar refractivity (Wildman–Crippen MR) is 105 cm³/mol. The number of benzene rings is 2. The summed E-state index contributed by atoms with van der Waals surface area (Å²) in [6.45, 7) is 3.96. The van der Waals surface area contributed by atoms with Crippen LogP contribution in [0.5, 0.6) is 0 Å². The quantitative estimate of drug-likeness (QED) is 0.599. The van der Waals surface area contributed by atoms with E-state index in [2.05, 4.69) is 15.5 Å². The minimum Gasteiger partial charge on any atom is -0.349 e. The first-order valence-corrected chi connectivity index (χ1v) is 9.22. The lowest BCUT2D eigenvalue weighted by molar-refractivity contribution is -0.121. The average molecular weight is 402 g/mol. The zero-order valence-electron chi connectivity index (χ0n) is 15.5. The minimum absolute atomic E-state index is 0.139. The lowest BCUT2D eigenvalue weighted by Gasteiger charge is -2.15. The highest BCUT2D eigenvalue weighted by Crippen LogP contribution is 2.20. The van der Waals surface area contributed by atoms with E-state index in [1.165, 1.54) is 12.1 Å². The lowest BCUT2D eigenvalue weighted by Crippen LogP contribution is -2.28. The van der Waals surface area contributed by atoms with E-state index in [4.69, 9.17) is 12.2 Å². The van der Waals surface area contributed by atoms with E-state index < -0.39 is 17.7 Å². The fourth-order valence-electron chi connectivity index (χ4n) is 2.99. The van der Waals surface area contributed by atoms with Crippen LogP contribution in [0.4, 0.5) is 8.78 Å². The maximum absolute atomic E-state index is 13.9. The molecule has 28 heavy (non-hydrogen) atoms. The van der Waals surface area contributed by atoms with Crippen LogP contribution < -0.4 is 5.32 Å². The Morgan fingerprint density at radius 2 is 2.07 bits per heavy atom. The van der Waals surface area contributed by atoms with E-state index in [1.807, 2.05) is 31.2 Å². The summed E-state index contributed by atoms with van der Waals surface area (Å²) in [6.07, 6.45) is 0.139. The summed E-state index contributed by atoms with van der Waals surface area (Å²) >= 11 is 5.28. The Bertz CT molecular complexity index is 1060. The zero-order valence-corrected chi connectivity index (χ0v) is 16.3. The monoisotopic (exact) mass is 402 g/mol. The van der Waals surface area contributed by atoms with E-state index >= 15 is 0 Å². The molecule has 1 atom stereocenters. The molecule has 0 radical (unpaired) electrons. The van der Waals surface area contributed by atoms with Gasteiger partial charge in [-0.25, -0.2) is 8.78 Å². The first-order valence-electron chi connectivity index (χ1n) is 8.81. The summed E-state index contributed by atoms with van der Waals surface area (Å²) in [6, 6.07) is 10.5. The number of nitrogens with one attached hydrogen (secondary N) is 2. The molecule has 0 saturated carbocycles. The second kappa shape index (κ2) is 8.43. The Morgan fingerprint density at radius 3 is 2.79 bits per heavy atom. The average Bonchev–Trinajstić information content (AvgIpc) is 3.00.